The Morgan fingerprint density at radius 1 is 1.12 bits per heavy atom. The maximum absolute atomic E-state index is 5.89. The SMILES string of the molecule is CCCC1(Cc2ccccc2)OCCCO1. The number of benzene rings is 1. The van der Waals surface area contributed by atoms with Gasteiger partial charge >= 0.3 is 0 Å². The van der Waals surface area contributed by atoms with Crippen molar-refractivity contribution in [3.8, 4) is 0 Å². The first-order chi connectivity index (χ1) is 7.85. The molecule has 1 aliphatic heterocycles. The van der Waals surface area contributed by atoms with Crippen molar-refractivity contribution in [3.63, 3.8) is 0 Å². The van der Waals surface area contributed by atoms with Gasteiger partial charge in [0.1, 0.15) is 0 Å². The summed E-state index contributed by atoms with van der Waals surface area (Å²) < 4.78 is 11.8. The molecule has 0 amide bonds. The van der Waals surface area contributed by atoms with Crippen molar-refractivity contribution in [2.24, 2.45) is 0 Å². The molecule has 1 aliphatic rings. The van der Waals surface area contributed by atoms with Crippen LogP contribution in [0.25, 0.3) is 0 Å². The van der Waals surface area contributed by atoms with Crippen LogP contribution >= 0.6 is 0 Å². The Balaban J connectivity index is 2.07. The zero-order valence-electron chi connectivity index (χ0n) is 9.95. The Kier molecular flexibility index (Phi) is 3.97. The van der Waals surface area contributed by atoms with Crippen molar-refractivity contribution in [2.75, 3.05) is 13.2 Å². The summed E-state index contributed by atoms with van der Waals surface area (Å²) in [6.45, 7) is 3.83. The Morgan fingerprint density at radius 2 is 1.81 bits per heavy atom. The van der Waals surface area contributed by atoms with E-state index in [1.165, 1.54) is 5.56 Å². The molecule has 2 heteroatoms. The fourth-order valence-corrected chi connectivity index (χ4v) is 2.24. The van der Waals surface area contributed by atoms with Crippen LogP contribution in [0.2, 0.25) is 0 Å². The van der Waals surface area contributed by atoms with E-state index >= 15 is 0 Å². The molecule has 0 atom stereocenters. The molecule has 0 spiro atoms. The number of hydrogen-bond donors (Lipinski definition) is 0. The predicted molar refractivity (Wildman–Crippen MR) is 64.3 cm³/mol. The van der Waals surface area contributed by atoms with Gasteiger partial charge < -0.3 is 9.47 Å². The number of hydrogen-bond acceptors (Lipinski definition) is 2. The van der Waals surface area contributed by atoms with Gasteiger partial charge in [-0.15, -0.1) is 0 Å². The van der Waals surface area contributed by atoms with Gasteiger partial charge in [-0.2, -0.15) is 0 Å². The van der Waals surface area contributed by atoms with Gasteiger partial charge in [0.2, 0.25) is 0 Å². The van der Waals surface area contributed by atoms with Crippen LogP contribution < -0.4 is 0 Å². The third-order valence-electron chi connectivity index (χ3n) is 2.97. The van der Waals surface area contributed by atoms with Crippen LogP contribution in [0.15, 0.2) is 30.3 Å². The van der Waals surface area contributed by atoms with Crippen molar-refractivity contribution in [2.45, 2.75) is 38.4 Å². The van der Waals surface area contributed by atoms with Gasteiger partial charge in [-0.3, -0.25) is 0 Å². The number of ether oxygens (including phenoxy) is 2. The third kappa shape index (κ3) is 2.83. The van der Waals surface area contributed by atoms with Crippen LogP contribution in [0.5, 0.6) is 0 Å². The molecule has 88 valence electrons. The smallest absolute Gasteiger partial charge is 0.172 e. The molecule has 1 aromatic rings. The van der Waals surface area contributed by atoms with Gasteiger partial charge in [0.05, 0.1) is 13.2 Å². The van der Waals surface area contributed by atoms with E-state index in [1.807, 2.05) is 6.07 Å². The van der Waals surface area contributed by atoms with Gasteiger partial charge in [0.25, 0.3) is 0 Å². The average Bonchev–Trinajstić information content (AvgIpc) is 2.31. The average molecular weight is 220 g/mol. The highest BCUT2D eigenvalue weighted by atomic mass is 16.7. The van der Waals surface area contributed by atoms with Crippen LogP contribution in [-0.4, -0.2) is 19.0 Å². The molecular weight excluding hydrogens is 200 g/mol. The third-order valence-corrected chi connectivity index (χ3v) is 2.97. The van der Waals surface area contributed by atoms with E-state index in [9.17, 15) is 0 Å². The van der Waals surface area contributed by atoms with Gasteiger partial charge in [-0.25, -0.2) is 0 Å². The lowest BCUT2D eigenvalue weighted by Gasteiger charge is -2.37. The Labute approximate surface area is 97.6 Å². The second kappa shape index (κ2) is 5.46. The predicted octanol–water partition coefficient (Wildman–Crippen LogP) is 3.16. The lowest BCUT2D eigenvalue weighted by atomic mass is 10.00. The van der Waals surface area contributed by atoms with Crippen molar-refractivity contribution in [1.29, 1.82) is 0 Å². The second-order valence-electron chi connectivity index (χ2n) is 4.37. The van der Waals surface area contributed by atoms with Gasteiger partial charge in [0.15, 0.2) is 5.79 Å². The van der Waals surface area contributed by atoms with E-state index in [0.717, 1.165) is 38.9 Å². The summed E-state index contributed by atoms with van der Waals surface area (Å²) in [7, 11) is 0. The second-order valence-corrected chi connectivity index (χ2v) is 4.37. The number of rotatable bonds is 4. The first kappa shape index (κ1) is 11.6. The van der Waals surface area contributed by atoms with Gasteiger partial charge in [-0.1, -0.05) is 43.7 Å². The van der Waals surface area contributed by atoms with Gasteiger partial charge in [0, 0.05) is 12.8 Å². The van der Waals surface area contributed by atoms with Crippen LogP contribution in [0, 0.1) is 0 Å². The molecule has 1 heterocycles. The molecule has 2 nitrogen and oxygen atoms in total. The van der Waals surface area contributed by atoms with Crippen molar-refractivity contribution < 1.29 is 9.47 Å². The molecule has 0 bridgehead atoms. The van der Waals surface area contributed by atoms with E-state index in [0.29, 0.717) is 0 Å². The quantitative estimate of drug-likeness (QED) is 0.776. The Morgan fingerprint density at radius 3 is 2.44 bits per heavy atom. The molecule has 2 rings (SSSR count). The minimum Gasteiger partial charge on any atom is -0.349 e. The molecule has 0 N–H and O–H groups in total. The topological polar surface area (TPSA) is 18.5 Å². The fraction of sp³-hybridized carbons (Fsp3) is 0.571. The molecule has 0 saturated carbocycles. The van der Waals surface area contributed by atoms with Crippen molar-refractivity contribution >= 4 is 0 Å². The molecule has 0 aromatic heterocycles. The standard InChI is InChI=1S/C14H20O2/c1-2-9-14(15-10-6-11-16-14)12-13-7-4-3-5-8-13/h3-5,7-8H,2,6,9-12H2,1H3. The normalized spacial score (nSPS) is 19.6. The lowest BCUT2D eigenvalue weighted by Crippen LogP contribution is -2.42. The first-order valence-corrected chi connectivity index (χ1v) is 6.16. The molecule has 16 heavy (non-hydrogen) atoms. The minimum absolute atomic E-state index is 0.367. The highest BCUT2D eigenvalue weighted by Crippen LogP contribution is 2.28. The van der Waals surface area contributed by atoms with E-state index in [2.05, 4.69) is 31.2 Å². The summed E-state index contributed by atoms with van der Waals surface area (Å²) in [6.07, 6.45) is 3.94. The maximum atomic E-state index is 5.89. The molecule has 0 unspecified atom stereocenters. The van der Waals surface area contributed by atoms with E-state index in [1.54, 1.807) is 0 Å². The van der Waals surface area contributed by atoms with E-state index in [4.69, 9.17) is 9.47 Å². The summed E-state index contributed by atoms with van der Waals surface area (Å²) >= 11 is 0. The highest BCUT2D eigenvalue weighted by molar-refractivity contribution is 5.16. The summed E-state index contributed by atoms with van der Waals surface area (Å²) in [6, 6.07) is 10.5. The summed E-state index contributed by atoms with van der Waals surface area (Å²) in [5.74, 6) is -0.367. The van der Waals surface area contributed by atoms with Gasteiger partial charge in [-0.05, 0) is 12.0 Å². The van der Waals surface area contributed by atoms with Crippen LogP contribution in [0.1, 0.15) is 31.7 Å². The Hall–Kier alpha value is -0.860. The van der Waals surface area contributed by atoms with Crippen LogP contribution in [-0.2, 0) is 15.9 Å². The summed E-state index contributed by atoms with van der Waals surface area (Å²) in [5, 5.41) is 0. The van der Waals surface area contributed by atoms with Crippen LogP contribution in [0.3, 0.4) is 0 Å². The molecule has 1 fully saturated rings. The minimum atomic E-state index is -0.367. The fourth-order valence-electron chi connectivity index (χ4n) is 2.24. The molecule has 1 aromatic carbocycles. The highest BCUT2D eigenvalue weighted by Gasteiger charge is 2.33. The zero-order chi connectivity index (χ0) is 11.3. The van der Waals surface area contributed by atoms with E-state index in [-0.39, 0.29) is 5.79 Å². The molecule has 1 saturated heterocycles. The summed E-state index contributed by atoms with van der Waals surface area (Å²) in [4.78, 5) is 0. The Bertz CT molecular complexity index is 296. The zero-order valence-corrected chi connectivity index (χ0v) is 9.95. The molecule has 0 aliphatic carbocycles. The molecule has 0 radical (unpaired) electrons. The largest absolute Gasteiger partial charge is 0.349 e. The summed E-state index contributed by atoms with van der Waals surface area (Å²) in [5.41, 5.74) is 1.29. The maximum Gasteiger partial charge on any atom is 0.172 e. The van der Waals surface area contributed by atoms with Crippen LogP contribution in [0.4, 0.5) is 0 Å². The monoisotopic (exact) mass is 220 g/mol. The lowest BCUT2D eigenvalue weighted by molar-refractivity contribution is -0.269. The van der Waals surface area contributed by atoms with Crippen molar-refractivity contribution in [3.05, 3.63) is 35.9 Å². The first-order valence-electron chi connectivity index (χ1n) is 6.16. The van der Waals surface area contributed by atoms with Crippen molar-refractivity contribution in [1.82, 2.24) is 0 Å². The van der Waals surface area contributed by atoms with E-state index < -0.39 is 0 Å². The molecular formula is C14H20O2.